The molecule has 0 spiro atoms. The maximum atomic E-state index is 13.2. The van der Waals surface area contributed by atoms with E-state index in [1.54, 1.807) is 30.3 Å². The third-order valence-electron chi connectivity index (χ3n) is 4.26. The summed E-state index contributed by atoms with van der Waals surface area (Å²) in [4.78, 5) is 10.7. The maximum absolute atomic E-state index is 13.2. The zero-order valence-corrected chi connectivity index (χ0v) is 15.1. The van der Waals surface area contributed by atoms with Crippen molar-refractivity contribution in [3.8, 4) is 0 Å². The molecule has 3 rings (SSSR count). The minimum Gasteiger partial charge on any atom is -0.449 e. The van der Waals surface area contributed by atoms with Crippen molar-refractivity contribution in [3.05, 3.63) is 99.0 Å². The number of nitro groups is 1. The Morgan fingerprint density at radius 2 is 1.90 bits per heavy atom. The second kappa shape index (κ2) is 7.96. The second-order valence-corrected chi connectivity index (χ2v) is 6.27. The third-order valence-corrected chi connectivity index (χ3v) is 4.26. The molecule has 0 aromatic heterocycles. The summed E-state index contributed by atoms with van der Waals surface area (Å²) in [6, 6.07) is 12.9. The zero-order chi connectivity index (χ0) is 21.1. The van der Waals surface area contributed by atoms with E-state index in [4.69, 9.17) is 15.2 Å². The number of alkyl halides is 3. The van der Waals surface area contributed by atoms with E-state index in [0.29, 0.717) is 5.56 Å². The summed E-state index contributed by atoms with van der Waals surface area (Å²) in [7, 11) is 0. The summed E-state index contributed by atoms with van der Waals surface area (Å²) in [5, 5.41) is 11.3. The first kappa shape index (κ1) is 20.4. The summed E-state index contributed by atoms with van der Waals surface area (Å²) >= 11 is 0. The minimum atomic E-state index is -4.60. The van der Waals surface area contributed by atoms with E-state index in [1.165, 1.54) is 24.5 Å². The van der Waals surface area contributed by atoms with Gasteiger partial charge < -0.3 is 15.2 Å². The summed E-state index contributed by atoms with van der Waals surface area (Å²) in [5.74, 6) is -1.77. The molecule has 0 fully saturated rings. The Kier molecular flexibility index (Phi) is 5.60. The van der Waals surface area contributed by atoms with Gasteiger partial charge in [0.1, 0.15) is 12.0 Å². The maximum Gasteiger partial charge on any atom is 0.416 e. The van der Waals surface area contributed by atoms with Crippen molar-refractivity contribution in [2.24, 2.45) is 5.73 Å². The van der Waals surface area contributed by atoms with Crippen LogP contribution in [-0.4, -0.2) is 18.0 Å². The summed E-state index contributed by atoms with van der Waals surface area (Å²) in [6.45, 7) is -0.797. The molecule has 0 saturated carbocycles. The standard InChI is InChI=1S/C20H17F3N2O4/c21-20(22,23)16-8-4-7-15(10-16)19(28-13-18(11-24)29-19)17(12-25(26)27)9-14-5-2-1-3-6-14/h1-10,13H,11-12,24H2/b17-9+. The molecule has 152 valence electrons. The molecule has 0 aliphatic carbocycles. The lowest BCUT2D eigenvalue weighted by Crippen LogP contribution is -2.34. The molecule has 1 aliphatic rings. The van der Waals surface area contributed by atoms with Crippen LogP contribution in [0.1, 0.15) is 16.7 Å². The molecule has 2 N–H and O–H groups in total. The minimum absolute atomic E-state index is 0.0210. The predicted molar refractivity (Wildman–Crippen MR) is 98.7 cm³/mol. The lowest BCUT2D eigenvalue weighted by atomic mass is 9.93. The number of nitrogens with zero attached hydrogens (tertiary/aromatic N) is 1. The summed E-state index contributed by atoms with van der Waals surface area (Å²) in [5.41, 5.74) is 5.24. The first-order valence-electron chi connectivity index (χ1n) is 8.56. The van der Waals surface area contributed by atoms with Gasteiger partial charge in [0.15, 0.2) is 0 Å². The first-order chi connectivity index (χ1) is 13.7. The molecule has 0 radical (unpaired) electrons. The van der Waals surface area contributed by atoms with Gasteiger partial charge >= 0.3 is 12.0 Å². The highest BCUT2D eigenvalue weighted by molar-refractivity contribution is 5.56. The van der Waals surface area contributed by atoms with Gasteiger partial charge in [-0.25, -0.2) is 0 Å². The molecule has 9 heteroatoms. The zero-order valence-electron chi connectivity index (χ0n) is 15.1. The first-order valence-corrected chi connectivity index (χ1v) is 8.56. The van der Waals surface area contributed by atoms with E-state index in [1.807, 2.05) is 0 Å². The average molecular weight is 406 g/mol. The molecule has 0 bridgehead atoms. The monoisotopic (exact) mass is 406 g/mol. The number of rotatable bonds is 6. The number of hydrogen-bond acceptors (Lipinski definition) is 5. The Morgan fingerprint density at radius 3 is 2.48 bits per heavy atom. The third kappa shape index (κ3) is 4.40. The predicted octanol–water partition coefficient (Wildman–Crippen LogP) is 4.07. The number of halogens is 3. The van der Waals surface area contributed by atoms with Crippen LogP contribution in [0.2, 0.25) is 0 Å². The Labute approximate surface area is 164 Å². The fourth-order valence-corrected chi connectivity index (χ4v) is 2.96. The fourth-order valence-electron chi connectivity index (χ4n) is 2.96. The molecular formula is C20H17F3N2O4. The molecule has 2 aromatic rings. The van der Waals surface area contributed by atoms with Crippen molar-refractivity contribution in [1.29, 1.82) is 0 Å². The SMILES string of the molecule is NCC1=COC(/C(=C/c2ccccc2)C[N+](=O)[O-])(c2cccc(C(F)(F)F)c2)O1. The summed E-state index contributed by atoms with van der Waals surface area (Å²) in [6.07, 6.45) is -1.97. The highest BCUT2D eigenvalue weighted by atomic mass is 19.4. The van der Waals surface area contributed by atoms with Crippen LogP contribution in [0.25, 0.3) is 6.08 Å². The van der Waals surface area contributed by atoms with Crippen LogP contribution in [0.3, 0.4) is 0 Å². The quantitative estimate of drug-likeness (QED) is 0.577. The highest BCUT2D eigenvalue weighted by Crippen LogP contribution is 2.43. The van der Waals surface area contributed by atoms with Crippen LogP contribution in [0.15, 0.2) is 72.2 Å². The number of nitrogens with two attached hydrogens (primary N) is 1. The van der Waals surface area contributed by atoms with Crippen LogP contribution < -0.4 is 5.73 Å². The molecule has 1 aliphatic heterocycles. The molecule has 1 unspecified atom stereocenters. The molecular weight excluding hydrogens is 389 g/mol. The van der Waals surface area contributed by atoms with E-state index in [0.717, 1.165) is 12.1 Å². The van der Waals surface area contributed by atoms with Crippen molar-refractivity contribution in [2.45, 2.75) is 12.0 Å². The van der Waals surface area contributed by atoms with Gasteiger partial charge in [-0.15, -0.1) is 0 Å². The number of hydrogen-bond donors (Lipinski definition) is 1. The Hall–Kier alpha value is -3.33. The molecule has 6 nitrogen and oxygen atoms in total. The van der Waals surface area contributed by atoms with Crippen molar-refractivity contribution in [3.63, 3.8) is 0 Å². The average Bonchev–Trinajstić information content (AvgIpc) is 3.13. The smallest absolute Gasteiger partial charge is 0.416 e. The van der Waals surface area contributed by atoms with Gasteiger partial charge in [0, 0.05) is 10.5 Å². The van der Waals surface area contributed by atoms with Crippen LogP contribution in [-0.2, 0) is 21.4 Å². The summed E-state index contributed by atoms with van der Waals surface area (Å²) < 4.78 is 51.1. The van der Waals surface area contributed by atoms with Gasteiger partial charge in [-0.1, -0.05) is 42.5 Å². The van der Waals surface area contributed by atoms with E-state index >= 15 is 0 Å². The van der Waals surface area contributed by atoms with E-state index in [2.05, 4.69) is 0 Å². The van der Waals surface area contributed by atoms with Crippen molar-refractivity contribution in [1.82, 2.24) is 0 Å². The van der Waals surface area contributed by atoms with Crippen molar-refractivity contribution in [2.75, 3.05) is 13.1 Å². The molecule has 1 heterocycles. The Morgan fingerprint density at radius 1 is 1.17 bits per heavy atom. The van der Waals surface area contributed by atoms with E-state index in [-0.39, 0.29) is 23.4 Å². The molecule has 2 aromatic carbocycles. The lowest BCUT2D eigenvalue weighted by Gasteiger charge is -2.30. The largest absolute Gasteiger partial charge is 0.449 e. The van der Waals surface area contributed by atoms with Gasteiger partial charge in [-0.05, 0) is 23.8 Å². The molecule has 0 amide bonds. The normalized spacial score (nSPS) is 19.3. The van der Waals surface area contributed by atoms with Gasteiger partial charge in [-0.2, -0.15) is 13.2 Å². The van der Waals surface area contributed by atoms with Crippen molar-refractivity contribution >= 4 is 6.08 Å². The van der Waals surface area contributed by atoms with Gasteiger partial charge in [0.05, 0.1) is 17.7 Å². The number of ether oxygens (including phenoxy) is 2. The van der Waals surface area contributed by atoms with Crippen LogP contribution >= 0.6 is 0 Å². The molecule has 1 atom stereocenters. The van der Waals surface area contributed by atoms with Gasteiger partial charge in [-0.3, -0.25) is 10.1 Å². The van der Waals surface area contributed by atoms with Gasteiger partial charge in [0.2, 0.25) is 6.54 Å². The molecule has 29 heavy (non-hydrogen) atoms. The Balaban J connectivity index is 2.17. The van der Waals surface area contributed by atoms with Crippen LogP contribution in [0.4, 0.5) is 13.2 Å². The Bertz CT molecular complexity index is 958. The topological polar surface area (TPSA) is 87.6 Å². The van der Waals surface area contributed by atoms with Crippen LogP contribution in [0.5, 0.6) is 0 Å². The second-order valence-electron chi connectivity index (χ2n) is 6.27. The molecule has 0 saturated heterocycles. The van der Waals surface area contributed by atoms with E-state index < -0.39 is 29.0 Å². The van der Waals surface area contributed by atoms with E-state index in [9.17, 15) is 23.3 Å². The fraction of sp³-hybridized carbons (Fsp3) is 0.200. The van der Waals surface area contributed by atoms with Gasteiger partial charge in [0.25, 0.3) is 0 Å². The lowest BCUT2D eigenvalue weighted by molar-refractivity contribution is -0.474. The van der Waals surface area contributed by atoms with Crippen LogP contribution in [0, 0.1) is 10.1 Å². The highest BCUT2D eigenvalue weighted by Gasteiger charge is 2.47. The van der Waals surface area contributed by atoms with Crippen molar-refractivity contribution < 1.29 is 27.6 Å². The number of benzene rings is 2.